The molecule has 0 radical (unpaired) electrons. The Bertz CT molecular complexity index is 659. The Morgan fingerprint density at radius 1 is 1.10 bits per heavy atom. The number of benzene rings is 2. The Morgan fingerprint density at radius 3 is 2.40 bits per heavy atom. The van der Waals surface area contributed by atoms with Crippen molar-refractivity contribution in [1.82, 2.24) is 0 Å². The third-order valence-corrected chi connectivity index (χ3v) is 3.32. The second-order valence-electron chi connectivity index (χ2n) is 4.58. The molecule has 2 aromatic rings. The minimum absolute atomic E-state index is 0.0385. The molecule has 102 valence electrons. The van der Waals surface area contributed by atoms with Crippen LogP contribution in [-0.2, 0) is 0 Å². The fourth-order valence-corrected chi connectivity index (χ4v) is 2.19. The van der Waals surface area contributed by atoms with E-state index in [4.69, 9.17) is 14.2 Å². The third-order valence-electron chi connectivity index (χ3n) is 3.32. The van der Waals surface area contributed by atoms with Gasteiger partial charge in [0.15, 0.2) is 17.3 Å². The van der Waals surface area contributed by atoms with E-state index in [-0.39, 0.29) is 12.6 Å². The zero-order valence-corrected chi connectivity index (χ0v) is 11.3. The van der Waals surface area contributed by atoms with Crippen molar-refractivity contribution in [3.8, 4) is 17.2 Å². The van der Waals surface area contributed by atoms with Crippen LogP contribution >= 0.6 is 0 Å². The molecule has 0 spiro atoms. The van der Waals surface area contributed by atoms with Crippen LogP contribution in [0, 0.1) is 6.92 Å². The first kappa shape index (κ1) is 12.5. The highest BCUT2D eigenvalue weighted by atomic mass is 16.7. The number of hydrogen-bond donors (Lipinski definition) is 0. The topological polar surface area (TPSA) is 44.8 Å². The predicted octanol–water partition coefficient (Wildman–Crippen LogP) is 2.96. The van der Waals surface area contributed by atoms with Gasteiger partial charge in [-0.3, -0.25) is 4.79 Å². The number of aryl methyl sites for hydroxylation is 1. The van der Waals surface area contributed by atoms with E-state index in [0.29, 0.717) is 22.6 Å². The van der Waals surface area contributed by atoms with Crippen molar-refractivity contribution in [2.45, 2.75) is 6.92 Å². The Kier molecular flexibility index (Phi) is 3.06. The lowest BCUT2D eigenvalue weighted by atomic mass is 9.98. The van der Waals surface area contributed by atoms with E-state index >= 15 is 0 Å². The Morgan fingerprint density at radius 2 is 1.75 bits per heavy atom. The smallest absolute Gasteiger partial charge is 0.231 e. The van der Waals surface area contributed by atoms with Gasteiger partial charge < -0.3 is 14.2 Å². The van der Waals surface area contributed by atoms with Crippen LogP contribution in [-0.4, -0.2) is 19.7 Å². The molecule has 1 heterocycles. The molecular weight excluding hydrogens is 256 g/mol. The lowest BCUT2D eigenvalue weighted by Crippen LogP contribution is -2.03. The molecule has 4 nitrogen and oxygen atoms in total. The van der Waals surface area contributed by atoms with Crippen LogP contribution < -0.4 is 14.2 Å². The number of carbonyl (C=O) groups excluding carboxylic acids is 1. The van der Waals surface area contributed by atoms with E-state index in [2.05, 4.69) is 0 Å². The number of methoxy groups -OCH3 is 1. The van der Waals surface area contributed by atoms with Crippen LogP contribution in [0.4, 0.5) is 0 Å². The quantitative estimate of drug-likeness (QED) is 0.804. The maximum absolute atomic E-state index is 12.5. The third kappa shape index (κ3) is 2.09. The Labute approximate surface area is 116 Å². The maximum atomic E-state index is 12.5. The number of carbonyl (C=O) groups is 1. The zero-order valence-electron chi connectivity index (χ0n) is 11.3. The highest BCUT2D eigenvalue weighted by Gasteiger charge is 2.19. The van der Waals surface area contributed by atoms with Crippen LogP contribution in [0.3, 0.4) is 0 Å². The van der Waals surface area contributed by atoms with Crippen LogP contribution in [0.5, 0.6) is 17.2 Å². The van der Waals surface area contributed by atoms with Crippen LogP contribution in [0.2, 0.25) is 0 Å². The van der Waals surface area contributed by atoms with E-state index < -0.39 is 0 Å². The highest BCUT2D eigenvalue weighted by molar-refractivity contribution is 6.10. The highest BCUT2D eigenvalue weighted by Crippen LogP contribution is 2.35. The van der Waals surface area contributed by atoms with E-state index in [9.17, 15) is 4.79 Å². The number of ketones is 1. The number of ether oxygens (including phenoxy) is 3. The summed E-state index contributed by atoms with van der Waals surface area (Å²) in [5.74, 6) is 1.99. The normalized spacial score (nSPS) is 12.3. The van der Waals surface area contributed by atoms with Crippen molar-refractivity contribution in [3.63, 3.8) is 0 Å². The summed E-state index contributed by atoms with van der Waals surface area (Å²) in [5.41, 5.74) is 2.11. The molecule has 0 N–H and O–H groups in total. The van der Waals surface area contributed by atoms with Gasteiger partial charge in [-0.25, -0.2) is 0 Å². The SMILES string of the molecule is COc1ccc(C(=O)c2cc3c(cc2C)OCO3)cc1. The molecule has 0 amide bonds. The predicted molar refractivity (Wildman–Crippen MR) is 73.7 cm³/mol. The lowest BCUT2D eigenvalue weighted by molar-refractivity contribution is 0.103. The summed E-state index contributed by atoms with van der Waals surface area (Å²) in [6, 6.07) is 10.6. The molecule has 4 heteroatoms. The standard InChI is InChI=1S/C16H14O4/c1-10-7-14-15(20-9-19-14)8-13(10)16(17)11-3-5-12(18-2)6-4-11/h3-8H,9H2,1-2H3. The number of rotatable bonds is 3. The van der Waals surface area contributed by atoms with Crippen molar-refractivity contribution < 1.29 is 19.0 Å². The second-order valence-corrected chi connectivity index (χ2v) is 4.58. The summed E-state index contributed by atoms with van der Waals surface area (Å²) >= 11 is 0. The van der Waals surface area contributed by atoms with Crippen molar-refractivity contribution in [2.75, 3.05) is 13.9 Å². The molecule has 0 aliphatic carbocycles. The van der Waals surface area contributed by atoms with E-state index in [1.54, 1.807) is 37.4 Å². The van der Waals surface area contributed by atoms with Crippen molar-refractivity contribution >= 4 is 5.78 Å². The fourth-order valence-electron chi connectivity index (χ4n) is 2.19. The summed E-state index contributed by atoms with van der Waals surface area (Å²) in [6.07, 6.45) is 0. The van der Waals surface area contributed by atoms with Gasteiger partial charge >= 0.3 is 0 Å². The summed E-state index contributed by atoms with van der Waals surface area (Å²) in [5, 5.41) is 0. The van der Waals surface area contributed by atoms with Gasteiger partial charge in [-0.15, -0.1) is 0 Å². The van der Waals surface area contributed by atoms with Gasteiger partial charge in [-0.1, -0.05) is 0 Å². The zero-order chi connectivity index (χ0) is 14.1. The average molecular weight is 270 g/mol. The molecule has 0 fully saturated rings. The first-order chi connectivity index (χ1) is 9.69. The molecule has 0 aromatic heterocycles. The minimum Gasteiger partial charge on any atom is -0.497 e. The van der Waals surface area contributed by atoms with Gasteiger partial charge in [0.05, 0.1) is 7.11 Å². The van der Waals surface area contributed by atoms with Gasteiger partial charge in [0.25, 0.3) is 0 Å². The van der Waals surface area contributed by atoms with E-state index in [0.717, 1.165) is 11.3 Å². The van der Waals surface area contributed by atoms with Crippen LogP contribution in [0.15, 0.2) is 36.4 Å². The monoisotopic (exact) mass is 270 g/mol. The Balaban J connectivity index is 1.97. The van der Waals surface area contributed by atoms with Crippen LogP contribution in [0.25, 0.3) is 0 Å². The van der Waals surface area contributed by atoms with Gasteiger partial charge in [-0.2, -0.15) is 0 Å². The van der Waals surface area contributed by atoms with Gasteiger partial charge in [-0.05, 0) is 48.9 Å². The molecule has 20 heavy (non-hydrogen) atoms. The second kappa shape index (κ2) is 4.89. The van der Waals surface area contributed by atoms with Gasteiger partial charge in [0.2, 0.25) is 6.79 Å². The molecular formula is C16H14O4. The Hall–Kier alpha value is -2.49. The van der Waals surface area contributed by atoms with E-state index in [1.807, 2.05) is 13.0 Å². The molecule has 0 atom stereocenters. The van der Waals surface area contributed by atoms with Gasteiger partial charge in [0, 0.05) is 11.1 Å². The molecule has 2 aromatic carbocycles. The van der Waals surface area contributed by atoms with Crippen LogP contribution in [0.1, 0.15) is 21.5 Å². The first-order valence-corrected chi connectivity index (χ1v) is 6.28. The summed E-state index contributed by atoms with van der Waals surface area (Å²) in [6.45, 7) is 2.09. The first-order valence-electron chi connectivity index (χ1n) is 6.28. The lowest BCUT2D eigenvalue weighted by Gasteiger charge is -2.07. The summed E-state index contributed by atoms with van der Waals surface area (Å²) in [7, 11) is 1.60. The molecule has 0 saturated heterocycles. The minimum atomic E-state index is -0.0385. The van der Waals surface area contributed by atoms with Crippen molar-refractivity contribution in [1.29, 1.82) is 0 Å². The molecule has 0 unspecified atom stereocenters. The largest absolute Gasteiger partial charge is 0.497 e. The molecule has 0 bridgehead atoms. The maximum Gasteiger partial charge on any atom is 0.231 e. The molecule has 1 aliphatic rings. The molecule has 0 saturated carbocycles. The van der Waals surface area contributed by atoms with E-state index in [1.165, 1.54) is 0 Å². The van der Waals surface area contributed by atoms with Crippen molar-refractivity contribution in [2.24, 2.45) is 0 Å². The van der Waals surface area contributed by atoms with Gasteiger partial charge in [0.1, 0.15) is 5.75 Å². The summed E-state index contributed by atoms with van der Waals surface area (Å²) < 4.78 is 15.7. The molecule has 1 aliphatic heterocycles. The average Bonchev–Trinajstić information content (AvgIpc) is 2.93. The number of fused-ring (bicyclic) bond motifs is 1. The fraction of sp³-hybridized carbons (Fsp3) is 0.188. The molecule has 3 rings (SSSR count). The summed E-state index contributed by atoms with van der Waals surface area (Å²) in [4.78, 5) is 12.5. The van der Waals surface area contributed by atoms with Crippen molar-refractivity contribution in [3.05, 3.63) is 53.1 Å². The number of hydrogen-bond acceptors (Lipinski definition) is 4.